The molecule has 1 aliphatic heterocycles. The third kappa shape index (κ3) is 6.26. The van der Waals surface area contributed by atoms with Crippen LogP contribution in [0.25, 0.3) is 0 Å². The molecule has 1 atom stereocenters. The van der Waals surface area contributed by atoms with Gasteiger partial charge in [0.2, 0.25) is 5.75 Å². The van der Waals surface area contributed by atoms with Crippen molar-refractivity contribution >= 4 is 0 Å². The van der Waals surface area contributed by atoms with Gasteiger partial charge in [-0.15, -0.1) is 0 Å². The number of likely N-dealkylation sites (tertiary alicyclic amines) is 1. The minimum atomic E-state index is 0.628. The molecule has 0 spiro atoms. The van der Waals surface area contributed by atoms with Crippen molar-refractivity contribution in [2.45, 2.75) is 31.8 Å². The van der Waals surface area contributed by atoms with Crippen molar-refractivity contribution in [3.8, 4) is 17.2 Å². The summed E-state index contributed by atoms with van der Waals surface area (Å²) in [5.74, 6) is 2.10. The van der Waals surface area contributed by atoms with Crippen LogP contribution in [-0.4, -0.2) is 89.4 Å². The Balaban J connectivity index is 1.98. The van der Waals surface area contributed by atoms with E-state index in [4.69, 9.17) is 14.2 Å². The number of benzene rings is 1. The summed E-state index contributed by atoms with van der Waals surface area (Å²) in [6, 6.07) is 4.75. The molecule has 1 aliphatic rings. The van der Waals surface area contributed by atoms with Gasteiger partial charge in [0, 0.05) is 19.1 Å². The van der Waals surface area contributed by atoms with Crippen LogP contribution in [0.4, 0.5) is 0 Å². The topological polar surface area (TPSA) is 37.4 Å². The highest BCUT2D eigenvalue weighted by molar-refractivity contribution is 5.53. The van der Waals surface area contributed by atoms with E-state index in [1.807, 2.05) is 0 Å². The lowest BCUT2D eigenvalue weighted by molar-refractivity contribution is 0.109. The molecule has 1 fully saturated rings. The van der Waals surface area contributed by atoms with E-state index in [9.17, 15) is 0 Å². The Kier molecular flexibility index (Phi) is 8.67. The van der Waals surface area contributed by atoms with Gasteiger partial charge in [0.25, 0.3) is 0 Å². The van der Waals surface area contributed by atoms with Crippen molar-refractivity contribution in [3.05, 3.63) is 17.7 Å². The monoisotopic (exact) mass is 379 g/mol. The maximum absolute atomic E-state index is 5.50. The second-order valence-electron chi connectivity index (χ2n) is 7.70. The van der Waals surface area contributed by atoms with E-state index in [-0.39, 0.29) is 0 Å². The molecule has 6 heteroatoms. The molecule has 0 radical (unpaired) electrons. The molecule has 0 N–H and O–H groups in total. The summed E-state index contributed by atoms with van der Waals surface area (Å²) in [5.41, 5.74) is 1.19. The molecular weight excluding hydrogens is 342 g/mol. The van der Waals surface area contributed by atoms with Crippen LogP contribution in [-0.2, 0) is 6.54 Å². The van der Waals surface area contributed by atoms with Gasteiger partial charge in [0.1, 0.15) is 0 Å². The van der Waals surface area contributed by atoms with E-state index < -0.39 is 0 Å². The van der Waals surface area contributed by atoms with Crippen molar-refractivity contribution < 1.29 is 14.2 Å². The smallest absolute Gasteiger partial charge is 0.203 e. The maximum Gasteiger partial charge on any atom is 0.203 e. The maximum atomic E-state index is 5.50. The molecule has 0 amide bonds. The summed E-state index contributed by atoms with van der Waals surface area (Å²) < 4.78 is 16.4. The van der Waals surface area contributed by atoms with Gasteiger partial charge in [-0.1, -0.05) is 0 Å². The van der Waals surface area contributed by atoms with Crippen LogP contribution in [0.2, 0.25) is 0 Å². The van der Waals surface area contributed by atoms with Crippen LogP contribution in [0.3, 0.4) is 0 Å². The van der Waals surface area contributed by atoms with Gasteiger partial charge in [0.05, 0.1) is 21.3 Å². The number of ether oxygens (including phenoxy) is 3. The Morgan fingerprint density at radius 3 is 2.22 bits per heavy atom. The van der Waals surface area contributed by atoms with Crippen molar-refractivity contribution in [3.63, 3.8) is 0 Å². The Hall–Kier alpha value is -1.50. The Bertz CT molecular complexity index is 555. The lowest BCUT2D eigenvalue weighted by atomic mass is 10.0. The van der Waals surface area contributed by atoms with E-state index in [0.29, 0.717) is 11.8 Å². The number of likely N-dealkylation sites (N-methyl/N-ethyl adjacent to an activating group) is 1. The van der Waals surface area contributed by atoms with Gasteiger partial charge < -0.3 is 24.0 Å². The third-order valence-electron chi connectivity index (χ3n) is 5.35. The summed E-state index contributed by atoms with van der Waals surface area (Å²) in [5, 5.41) is 0. The van der Waals surface area contributed by atoms with E-state index in [1.165, 1.54) is 24.8 Å². The molecular formula is C21H37N3O3. The average molecular weight is 380 g/mol. The van der Waals surface area contributed by atoms with Gasteiger partial charge in [-0.2, -0.15) is 0 Å². The van der Waals surface area contributed by atoms with E-state index in [0.717, 1.165) is 44.2 Å². The highest BCUT2D eigenvalue weighted by atomic mass is 16.5. The van der Waals surface area contributed by atoms with Crippen LogP contribution in [0.1, 0.15) is 24.8 Å². The molecule has 1 saturated heterocycles. The fourth-order valence-electron chi connectivity index (χ4n) is 3.84. The fraction of sp³-hybridized carbons (Fsp3) is 0.714. The highest BCUT2D eigenvalue weighted by Gasteiger charge is 2.24. The quantitative estimate of drug-likeness (QED) is 0.622. The first-order valence-corrected chi connectivity index (χ1v) is 9.84. The SMILES string of the molecule is COc1cc(CN2CCC[C@H](N(C)CCCN(C)C)C2)cc(OC)c1OC. The van der Waals surface area contributed by atoms with E-state index in [1.54, 1.807) is 21.3 Å². The molecule has 0 unspecified atom stereocenters. The van der Waals surface area contributed by atoms with Crippen LogP contribution in [0.15, 0.2) is 12.1 Å². The molecule has 6 nitrogen and oxygen atoms in total. The van der Waals surface area contributed by atoms with Gasteiger partial charge in [-0.05, 0) is 77.7 Å². The van der Waals surface area contributed by atoms with Crippen LogP contribution in [0, 0.1) is 0 Å². The first-order chi connectivity index (χ1) is 13.0. The number of hydrogen-bond donors (Lipinski definition) is 0. The van der Waals surface area contributed by atoms with Crippen LogP contribution >= 0.6 is 0 Å². The third-order valence-corrected chi connectivity index (χ3v) is 5.35. The van der Waals surface area contributed by atoms with Gasteiger partial charge in [0.15, 0.2) is 11.5 Å². The number of hydrogen-bond acceptors (Lipinski definition) is 6. The molecule has 2 rings (SSSR count). The summed E-state index contributed by atoms with van der Waals surface area (Å²) in [6.07, 6.45) is 3.74. The first-order valence-electron chi connectivity index (χ1n) is 9.84. The molecule has 0 aromatic heterocycles. The zero-order valence-electron chi connectivity index (χ0n) is 18.0. The van der Waals surface area contributed by atoms with Crippen molar-refractivity contribution in [1.82, 2.24) is 14.7 Å². The minimum absolute atomic E-state index is 0.628. The molecule has 1 aromatic rings. The zero-order chi connectivity index (χ0) is 19.8. The summed E-state index contributed by atoms with van der Waals surface area (Å²) in [6.45, 7) is 5.44. The molecule has 1 heterocycles. The molecule has 0 saturated carbocycles. The zero-order valence-corrected chi connectivity index (χ0v) is 18.0. The molecule has 1 aromatic carbocycles. The average Bonchev–Trinajstić information content (AvgIpc) is 2.66. The number of methoxy groups -OCH3 is 3. The normalized spacial score (nSPS) is 18.1. The van der Waals surface area contributed by atoms with Crippen molar-refractivity contribution in [1.29, 1.82) is 0 Å². The van der Waals surface area contributed by atoms with E-state index >= 15 is 0 Å². The van der Waals surface area contributed by atoms with Gasteiger partial charge in [-0.3, -0.25) is 4.90 Å². The van der Waals surface area contributed by atoms with Gasteiger partial charge >= 0.3 is 0 Å². The molecule has 0 aliphatic carbocycles. The lowest BCUT2D eigenvalue weighted by Gasteiger charge is -2.38. The summed E-state index contributed by atoms with van der Waals surface area (Å²) >= 11 is 0. The number of nitrogens with zero attached hydrogens (tertiary/aromatic N) is 3. The largest absolute Gasteiger partial charge is 0.493 e. The Morgan fingerprint density at radius 1 is 1.00 bits per heavy atom. The number of rotatable bonds is 10. The Labute approximate surface area is 165 Å². The van der Waals surface area contributed by atoms with E-state index in [2.05, 4.69) is 48.0 Å². The Morgan fingerprint density at radius 2 is 1.67 bits per heavy atom. The van der Waals surface area contributed by atoms with Gasteiger partial charge in [-0.25, -0.2) is 0 Å². The van der Waals surface area contributed by atoms with Crippen LogP contribution in [0.5, 0.6) is 17.2 Å². The highest BCUT2D eigenvalue weighted by Crippen LogP contribution is 2.38. The predicted octanol–water partition coefficient (Wildman–Crippen LogP) is 2.56. The van der Waals surface area contributed by atoms with Crippen LogP contribution < -0.4 is 14.2 Å². The molecule has 0 bridgehead atoms. The minimum Gasteiger partial charge on any atom is -0.493 e. The fourth-order valence-corrected chi connectivity index (χ4v) is 3.84. The second kappa shape index (κ2) is 10.7. The first kappa shape index (κ1) is 21.8. The second-order valence-corrected chi connectivity index (χ2v) is 7.70. The van der Waals surface area contributed by atoms with Crippen molar-refractivity contribution in [2.24, 2.45) is 0 Å². The molecule has 154 valence electrons. The predicted molar refractivity (Wildman–Crippen MR) is 110 cm³/mol. The standard InChI is InChI=1S/C21H37N3O3/c1-22(2)10-8-11-23(3)18-9-7-12-24(16-18)15-17-13-19(25-4)21(27-6)20(14-17)26-5/h13-14,18H,7-12,15-16H2,1-6H3/t18-/m0/s1. The molecule has 27 heavy (non-hydrogen) atoms. The number of piperidine rings is 1. The summed E-state index contributed by atoms with van der Waals surface area (Å²) in [4.78, 5) is 7.33. The summed E-state index contributed by atoms with van der Waals surface area (Å²) in [7, 11) is 11.5. The lowest BCUT2D eigenvalue weighted by Crippen LogP contribution is -2.46. The van der Waals surface area contributed by atoms with Crippen molar-refractivity contribution in [2.75, 3.05) is 68.7 Å².